The Kier molecular flexibility index (Phi) is 5.02. The van der Waals surface area contributed by atoms with Crippen molar-refractivity contribution in [2.24, 2.45) is 0 Å². The molecule has 0 saturated carbocycles. The summed E-state index contributed by atoms with van der Waals surface area (Å²) in [5, 5.41) is 11.7. The van der Waals surface area contributed by atoms with Gasteiger partial charge >= 0.3 is 0 Å². The standard InChI is InChI=1S/C13H16N2O2/c1-3-15-13(16)8-11(9-14)10-4-6-12(17-2)7-5-10/h4-7,11H,3,8H2,1-2H3,(H,15,16). The van der Waals surface area contributed by atoms with Gasteiger partial charge in [-0.3, -0.25) is 4.79 Å². The van der Waals surface area contributed by atoms with Crippen molar-refractivity contribution in [2.45, 2.75) is 19.3 Å². The molecule has 0 spiro atoms. The van der Waals surface area contributed by atoms with Crippen LogP contribution in [0, 0.1) is 11.3 Å². The highest BCUT2D eigenvalue weighted by Crippen LogP contribution is 2.21. The summed E-state index contributed by atoms with van der Waals surface area (Å²) in [5.74, 6) is 0.228. The number of rotatable bonds is 5. The van der Waals surface area contributed by atoms with Crippen LogP contribution in [0.1, 0.15) is 24.8 Å². The highest BCUT2D eigenvalue weighted by molar-refractivity contribution is 5.77. The average molecular weight is 232 g/mol. The number of benzene rings is 1. The zero-order valence-corrected chi connectivity index (χ0v) is 10.1. The smallest absolute Gasteiger partial charge is 0.221 e. The first-order chi connectivity index (χ1) is 8.21. The fourth-order valence-corrected chi connectivity index (χ4v) is 1.53. The minimum atomic E-state index is -0.410. The maximum absolute atomic E-state index is 11.4. The quantitative estimate of drug-likeness (QED) is 0.842. The van der Waals surface area contributed by atoms with Crippen molar-refractivity contribution < 1.29 is 9.53 Å². The van der Waals surface area contributed by atoms with Gasteiger partial charge in [0.05, 0.1) is 19.1 Å². The van der Waals surface area contributed by atoms with Crippen molar-refractivity contribution in [2.75, 3.05) is 13.7 Å². The van der Waals surface area contributed by atoms with E-state index in [9.17, 15) is 4.79 Å². The lowest BCUT2D eigenvalue weighted by atomic mass is 9.97. The number of nitrogens with one attached hydrogen (secondary N) is 1. The molecule has 0 fully saturated rings. The highest BCUT2D eigenvalue weighted by atomic mass is 16.5. The number of hydrogen-bond acceptors (Lipinski definition) is 3. The summed E-state index contributed by atoms with van der Waals surface area (Å²) in [6.07, 6.45) is 0.191. The van der Waals surface area contributed by atoms with Gasteiger partial charge in [0.1, 0.15) is 5.75 Å². The molecule has 0 bridgehead atoms. The molecule has 17 heavy (non-hydrogen) atoms. The second-order valence-corrected chi connectivity index (χ2v) is 3.61. The largest absolute Gasteiger partial charge is 0.497 e. The third kappa shape index (κ3) is 3.80. The second kappa shape index (κ2) is 6.54. The molecule has 0 aliphatic heterocycles. The lowest BCUT2D eigenvalue weighted by Crippen LogP contribution is -2.24. The van der Waals surface area contributed by atoms with Crippen molar-refractivity contribution in [3.05, 3.63) is 29.8 Å². The summed E-state index contributed by atoms with van der Waals surface area (Å²) in [5.41, 5.74) is 0.833. The summed E-state index contributed by atoms with van der Waals surface area (Å²) in [6, 6.07) is 9.34. The molecule has 0 aliphatic rings. The first-order valence-electron chi connectivity index (χ1n) is 5.51. The van der Waals surface area contributed by atoms with Gasteiger partial charge in [-0.15, -0.1) is 0 Å². The molecule has 1 aromatic carbocycles. The number of ether oxygens (including phenoxy) is 1. The van der Waals surface area contributed by atoms with E-state index in [2.05, 4.69) is 11.4 Å². The van der Waals surface area contributed by atoms with Gasteiger partial charge in [-0.25, -0.2) is 0 Å². The van der Waals surface area contributed by atoms with Crippen LogP contribution in [0.15, 0.2) is 24.3 Å². The van der Waals surface area contributed by atoms with Gasteiger partial charge in [-0.05, 0) is 24.6 Å². The maximum Gasteiger partial charge on any atom is 0.221 e. The van der Waals surface area contributed by atoms with Crippen molar-refractivity contribution in [1.29, 1.82) is 5.26 Å². The predicted octanol–water partition coefficient (Wildman–Crippen LogP) is 1.83. The molecule has 1 unspecified atom stereocenters. The van der Waals surface area contributed by atoms with Crippen LogP contribution in [0.25, 0.3) is 0 Å². The summed E-state index contributed by atoms with van der Waals surface area (Å²) in [6.45, 7) is 2.44. The fraction of sp³-hybridized carbons (Fsp3) is 0.385. The van der Waals surface area contributed by atoms with Crippen LogP contribution in [0.2, 0.25) is 0 Å². The minimum absolute atomic E-state index is 0.102. The molecule has 0 saturated heterocycles. The number of methoxy groups -OCH3 is 1. The maximum atomic E-state index is 11.4. The van der Waals surface area contributed by atoms with Gasteiger partial charge in [0.25, 0.3) is 0 Å². The zero-order valence-electron chi connectivity index (χ0n) is 10.1. The zero-order chi connectivity index (χ0) is 12.7. The molecule has 1 aromatic rings. The third-order valence-electron chi connectivity index (χ3n) is 2.44. The molecule has 1 rings (SSSR count). The Hall–Kier alpha value is -2.02. The molecule has 1 atom stereocenters. The topological polar surface area (TPSA) is 62.1 Å². The molecule has 0 radical (unpaired) electrons. The Bertz CT molecular complexity index is 406. The van der Waals surface area contributed by atoms with E-state index in [1.54, 1.807) is 19.2 Å². The van der Waals surface area contributed by atoms with Crippen molar-refractivity contribution in [1.82, 2.24) is 5.32 Å². The summed E-state index contributed by atoms with van der Waals surface area (Å²) in [4.78, 5) is 11.4. The van der Waals surface area contributed by atoms with Gasteiger partial charge in [-0.2, -0.15) is 5.26 Å². The number of nitrogens with zero attached hydrogens (tertiary/aromatic N) is 1. The van der Waals surface area contributed by atoms with E-state index in [0.717, 1.165) is 11.3 Å². The van der Waals surface area contributed by atoms with Crippen LogP contribution in [0.5, 0.6) is 5.75 Å². The van der Waals surface area contributed by atoms with E-state index in [1.165, 1.54) is 0 Å². The van der Waals surface area contributed by atoms with E-state index in [0.29, 0.717) is 6.54 Å². The molecule has 0 aromatic heterocycles. The van der Waals surface area contributed by atoms with Crippen molar-refractivity contribution in [3.63, 3.8) is 0 Å². The summed E-state index contributed by atoms with van der Waals surface area (Å²) in [7, 11) is 1.59. The lowest BCUT2D eigenvalue weighted by molar-refractivity contribution is -0.121. The first-order valence-corrected chi connectivity index (χ1v) is 5.51. The van der Waals surface area contributed by atoms with Crippen LogP contribution in [0.4, 0.5) is 0 Å². The average Bonchev–Trinajstić information content (AvgIpc) is 2.36. The Labute approximate surface area is 101 Å². The molecule has 1 amide bonds. The Morgan fingerprint density at radius 1 is 1.47 bits per heavy atom. The van der Waals surface area contributed by atoms with Gasteiger partial charge < -0.3 is 10.1 Å². The van der Waals surface area contributed by atoms with E-state index < -0.39 is 5.92 Å². The monoisotopic (exact) mass is 232 g/mol. The number of hydrogen-bond donors (Lipinski definition) is 1. The van der Waals surface area contributed by atoms with E-state index in [1.807, 2.05) is 19.1 Å². The fourth-order valence-electron chi connectivity index (χ4n) is 1.53. The molecular weight excluding hydrogens is 216 g/mol. The molecular formula is C13H16N2O2. The lowest BCUT2D eigenvalue weighted by Gasteiger charge is -2.09. The van der Waals surface area contributed by atoms with Gasteiger partial charge in [-0.1, -0.05) is 12.1 Å². The molecule has 1 N–H and O–H groups in total. The number of amides is 1. The third-order valence-corrected chi connectivity index (χ3v) is 2.44. The van der Waals surface area contributed by atoms with Crippen molar-refractivity contribution >= 4 is 5.91 Å². The van der Waals surface area contributed by atoms with E-state index in [4.69, 9.17) is 10.00 Å². The summed E-state index contributed by atoms with van der Waals surface area (Å²) >= 11 is 0. The van der Waals surface area contributed by atoms with E-state index >= 15 is 0 Å². The highest BCUT2D eigenvalue weighted by Gasteiger charge is 2.14. The van der Waals surface area contributed by atoms with Gasteiger partial charge in [0.15, 0.2) is 0 Å². The Morgan fingerprint density at radius 2 is 2.12 bits per heavy atom. The number of carbonyl (C=O) groups is 1. The van der Waals surface area contributed by atoms with E-state index in [-0.39, 0.29) is 12.3 Å². The minimum Gasteiger partial charge on any atom is -0.497 e. The van der Waals surface area contributed by atoms with Crippen LogP contribution in [-0.4, -0.2) is 19.6 Å². The molecule has 4 heteroatoms. The second-order valence-electron chi connectivity index (χ2n) is 3.61. The van der Waals surface area contributed by atoms with Crippen molar-refractivity contribution in [3.8, 4) is 11.8 Å². The summed E-state index contributed by atoms with van der Waals surface area (Å²) < 4.78 is 5.04. The number of carbonyl (C=O) groups excluding carboxylic acids is 1. The van der Waals surface area contributed by atoms with Crippen LogP contribution in [0.3, 0.4) is 0 Å². The first kappa shape index (κ1) is 13.0. The Balaban J connectivity index is 2.73. The predicted molar refractivity (Wildman–Crippen MR) is 64.6 cm³/mol. The Morgan fingerprint density at radius 3 is 2.59 bits per heavy atom. The SMILES string of the molecule is CCNC(=O)CC(C#N)c1ccc(OC)cc1. The normalized spacial score (nSPS) is 11.4. The molecule has 90 valence electrons. The molecule has 4 nitrogen and oxygen atoms in total. The molecule has 0 heterocycles. The van der Waals surface area contributed by atoms with Crippen LogP contribution in [-0.2, 0) is 4.79 Å². The van der Waals surface area contributed by atoms with Gasteiger partial charge in [0, 0.05) is 13.0 Å². The number of nitriles is 1. The van der Waals surface area contributed by atoms with Crippen LogP contribution >= 0.6 is 0 Å². The molecule has 0 aliphatic carbocycles. The van der Waals surface area contributed by atoms with Crippen LogP contribution < -0.4 is 10.1 Å². The van der Waals surface area contributed by atoms with Gasteiger partial charge in [0.2, 0.25) is 5.91 Å².